The molecular weight excluding hydrogens is 278 g/mol. The molecule has 22 heavy (non-hydrogen) atoms. The van der Waals surface area contributed by atoms with Crippen LogP contribution in [0.4, 0.5) is 0 Å². The molecule has 0 radical (unpaired) electrons. The molecule has 1 aliphatic rings. The zero-order valence-electron chi connectivity index (χ0n) is 15.0. The Kier molecular flexibility index (Phi) is 8.40. The van der Waals surface area contributed by atoms with Gasteiger partial charge in [0.2, 0.25) is 0 Å². The Balaban J connectivity index is 2.63. The zero-order valence-corrected chi connectivity index (χ0v) is 15.0. The quantitative estimate of drug-likeness (QED) is 0.593. The molecule has 1 aliphatic carbocycles. The zero-order chi connectivity index (χ0) is 16.7. The molecule has 1 rings (SSSR count). The van der Waals surface area contributed by atoms with Gasteiger partial charge >= 0.3 is 5.97 Å². The number of esters is 1. The Morgan fingerprint density at radius 1 is 1.18 bits per heavy atom. The van der Waals surface area contributed by atoms with E-state index in [4.69, 9.17) is 15.2 Å². The minimum Gasteiger partial charge on any atom is -0.459 e. The molecule has 0 saturated heterocycles. The molecule has 4 heteroatoms. The number of carbonyl (C=O) groups is 1. The fourth-order valence-electron chi connectivity index (χ4n) is 2.69. The van der Waals surface area contributed by atoms with Gasteiger partial charge in [0, 0.05) is 6.61 Å². The standard InChI is InChI=1S/C18H35NO3/c1-6-16(10-7-12(2)3)17(21-11-15-8-9-15)14(5)22-18(20)13(4)19/h12-17H,6-11,19H2,1-5H3/t13-,14-,16-,17+/m0/s1. The van der Waals surface area contributed by atoms with E-state index in [1.54, 1.807) is 6.92 Å². The molecule has 2 N–H and O–H groups in total. The maximum absolute atomic E-state index is 11.8. The van der Waals surface area contributed by atoms with Gasteiger partial charge in [-0.15, -0.1) is 0 Å². The Morgan fingerprint density at radius 3 is 2.27 bits per heavy atom. The number of hydrogen-bond donors (Lipinski definition) is 1. The molecule has 4 atom stereocenters. The molecule has 1 fully saturated rings. The van der Waals surface area contributed by atoms with Gasteiger partial charge in [-0.25, -0.2) is 0 Å². The van der Waals surface area contributed by atoms with Crippen LogP contribution < -0.4 is 5.73 Å². The summed E-state index contributed by atoms with van der Waals surface area (Å²) in [7, 11) is 0. The van der Waals surface area contributed by atoms with Crippen LogP contribution in [0.1, 0.15) is 66.7 Å². The first-order valence-electron chi connectivity index (χ1n) is 8.92. The first kappa shape index (κ1) is 19.4. The van der Waals surface area contributed by atoms with Crippen LogP contribution in [0.3, 0.4) is 0 Å². The van der Waals surface area contributed by atoms with E-state index in [9.17, 15) is 4.79 Å². The first-order valence-corrected chi connectivity index (χ1v) is 8.92. The van der Waals surface area contributed by atoms with Gasteiger partial charge in [0.05, 0.1) is 6.10 Å². The summed E-state index contributed by atoms with van der Waals surface area (Å²) in [5, 5.41) is 0. The minimum atomic E-state index is -0.581. The lowest BCUT2D eigenvalue weighted by Gasteiger charge is -2.32. The second-order valence-electron chi connectivity index (χ2n) is 7.31. The van der Waals surface area contributed by atoms with E-state index in [1.165, 1.54) is 19.3 Å². The average molecular weight is 313 g/mol. The van der Waals surface area contributed by atoms with Crippen molar-refractivity contribution in [3.63, 3.8) is 0 Å². The van der Waals surface area contributed by atoms with Crippen molar-refractivity contribution in [1.29, 1.82) is 0 Å². The van der Waals surface area contributed by atoms with E-state index >= 15 is 0 Å². The van der Waals surface area contributed by atoms with Crippen LogP contribution in [-0.2, 0) is 14.3 Å². The number of nitrogens with two attached hydrogens (primary N) is 1. The lowest BCUT2D eigenvalue weighted by atomic mass is 9.88. The minimum absolute atomic E-state index is 0.0213. The smallest absolute Gasteiger partial charge is 0.322 e. The van der Waals surface area contributed by atoms with Crippen LogP contribution in [0.5, 0.6) is 0 Å². The van der Waals surface area contributed by atoms with Gasteiger partial charge in [0.15, 0.2) is 0 Å². The average Bonchev–Trinajstić information content (AvgIpc) is 3.25. The second-order valence-corrected chi connectivity index (χ2v) is 7.31. The van der Waals surface area contributed by atoms with Gasteiger partial charge in [-0.3, -0.25) is 4.79 Å². The Bertz CT molecular complexity index is 326. The van der Waals surface area contributed by atoms with Crippen molar-refractivity contribution in [1.82, 2.24) is 0 Å². The third-order valence-electron chi connectivity index (χ3n) is 4.46. The summed E-state index contributed by atoms with van der Waals surface area (Å²) in [5.41, 5.74) is 5.61. The number of ether oxygens (including phenoxy) is 2. The number of carbonyl (C=O) groups excluding carboxylic acids is 1. The highest BCUT2D eigenvalue weighted by molar-refractivity contribution is 5.75. The van der Waals surface area contributed by atoms with Crippen molar-refractivity contribution >= 4 is 5.97 Å². The largest absolute Gasteiger partial charge is 0.459 e. The molecule has 0 unspecified atom stereocenters. The highest BCUT2D eigenvalue weighted by Gasteiger charge is 2.32. The predicted molar refractivity (Wildman–Crippen MR) is 89.5 cm³/mol. The maximum Gasteiger partial charge on any atom is 0.322 e. The summed E-state index contributed by atoms with van der Waals surface area (Å²) in [6.07, 6.45) is 5.61. The van der Waals surface area contributed by atoms with E-state index in [2.05, 4.69) is 20.8 Å². The van der Waals surface area contributed by atoms with Gasteiger partial charge < -0.3 is 15.2 Å². The number of hydrogen-bond acceptors (Lipinski definition) is 4. The van der Waals surface area contributed by atoms with Crippen LogP contribution in [0, 0.1) is 17.8 Å². The van der Waals surface area contributed by atoms with Crippen LogP contribution in [0.2, 0.25) is 0 Å². The van der Waals surface area contributed by atoms with Gasteiger partial charge in [-0.2, -0.15) is 0 Å². The van der Waals surface area contributed by atoms with Crippen molar-refractivity contribution in [3.8, 4) is 0 Å². The monoisotopic (exact) mass is 313 g/mol. The van der Waals surface area contributed by atoms with Gasteiger partial charge in [0.1, 0.15) is 12.1 Å². The molecular formula is C18H35NO3. The molecule has 0 aromatic carbocycles. The van der Waals surface area contributed by atoms with E-state index in [0.29, 0.717) is 17.8 Å². The van der Waals surface area contributed by atoms with Crippen molar-refractivity contribution in [2.24, 2.45) is 23.5 Å². The fourth-order valence-corrected chi connectivity index (χ4v) is 2.69. The lowest BCUT2D eigenvalue weighted by Crippen LogP contribution is -2.41. The van der Waals surface area contributed by atoms with Gasteiger partial charge in [-0.1, -0.05) is 33.6 Å². The number of rotatable bonds is 11. The second kappa shape index (κ2) is 9.51. The molecule has 0 spiro atoms. The Hall–Kier alpha value is -0.610. The van der Waals surface area contributed by atoms with Crippen molar-refractivity contribution < 1.29 is 14.3 Å². The summed E-state index contributed by atoms with van der Waals surface area (Å²) in [6.45, 7) is 11.1. The molecule has 130 valence electrons. The third-order valence-corrected chi connectivity index (χ3v) is 4.46. The molecule has 0 heterocycles. The predicted octanol–water partition coefficient (Wildman–Crippen LogP) is 3.52. The van der Waals surface area contributed by atoms with Crippen molar-refractivity contribution in [2.45, 2.75) is 85.0 Å². The van der Waals surface area contributed by atoms with Crippen molar-refractivity contribution in [3.05, 3.63) is 0 Å². The summed E-state index contributed by atoms with van der Waals surface area (Å²) < 4.78 is 11.7. The van der Waals surface area contributed by atoms with Crippen LogP contribution in [-0.4, -0.2) is 30.8 Å². The highest BCUT2D eigenvalue weighted by Crippen LogP contribution is 2.32. The third kappa shape index (κ3) is 7.10. The molecule has 0 amide bonds. The molecule has 0 bridgehead atoms. The first-order chi connectivity index (χ1) is 10.3. The molecule has 1 saturated carbocycles. The van der Waals surface area contributed by atoms with Crippen LogP contribution in [0.25, 0.3) is 0 Å². The van der Waals surface area contributed by atoms with E-state index < -0.39 is 6.04 Å². The van der Waals surface area contributed by atoms with Crippen molar-refractivity contribution in [2.75, 3.05) is 6.61 Å². The lowest BCUT2D eigenvalue weighted by molar-refractivity contribution is -0.161. The Morgan fingerprint density at radius 2 is 1.82 bits per heavy atom. The van der Waals surface area contributed by atoms with Gasteiger partial charge in [-0.05, 0) is 50.9 Å². The summed E-state index contributed by atoms with van der Waals surface area (Å²) >= 11 is 0. The van der Waals surface area contributed by atoms with E-state index in [0.717, 1.165) is 19.4 Å². The topological polar surface area (TPSA) is 61.5 Å². The molecule has 0 aliphatic heterocycles. The highest BCUT2D eigenvalue weighted by atomic mass is 16.6. The van der Waals surface area contributed by atoms with Gasteiger partial charge in [0.25, 0.3) is 0 Å². The molecule has 0 aromatic rings. The maximum atomic E-state index is 11.8. The molecule has 0 aromatic heterocycles. The van der Waals surface area contributed by atoms with E-state index in [-0.39, 0.29) is 18.2 Å². The summed E-state index contributed by atoms with van der Waals surface area (Å²) in [5.74, 6) is 1.48. The SMILES string of the molecule is CC[C@@H](CCC(C)C)[C@H](OCC1CC1)[C@H](C)OC(=O)[C@H](C)N. The molecule has 4 nitrogen and oxygen atoms in total. The fraction of sp³-hybridized carbons (Fsp3) is 0.944. The van der Waals surface area contributed by atoms with Crippen LogP contribution >= 0.6 is 0 Å². The normalized spacial score (nSPS) is 20.5. The van der Waals surface area contributed by atoms with Crippen LogP contribution in [0.15, 0.2) is 0 Å². The summed E-state index contributed by atoms with van der Waals surface area (Å²) in [4.78, 5) is 11.8. The summed E-state index contributed by atoms with van der Waals surface area (Å²) in [6, 6.07) is -0.581. The Labute approximate surface area is 136 Å². The van der Waals surface area contributed by atoms with E-state index in [1.807, 2.05) is 6.92 Å².